The fourth-order valence-electron chi connectivity index (χ4n) is 3.07. The Kier molecular flexibility index (Phi) is 6.13. The number of hydrogen-bond acceptors (Lipinski definition) is 4. The highest BCUT2D eigenvalue weighted by Crippen LogP contribution is 2.15. The van der Waals surface area contributed by atoms with Gasteiger partial charge in [0.1, 0.15) is 0 Å². The Morgan fingerprint density at radius 3 is 2.19 bits per heavy atom. The van der Waals surface area contributed by atoms with E-state index in [0.29, 0.717) is 24.3 Å². The topological polar surface area (TPSA) is 69.7 Å². The van der Waals surface area contributed by atoms with Crippen molar-refractivity contribution in [2.24, 2.45) is 0 Å². The van der Waals surface area contributed by atoms with E-state index in [9.17, 15) is 13.2 Å². The molecule has 27 heavy (non-hydrogen) atoms. The SMILES string of the molecule is CCS(=O)(=O)Nc1ccc(C(=O)N2CCN(Cc3ccccc3)CC2)cc1. The molecule has 1 N–H and O–H groups in total. The third-order valence-corrected chi connectivity index (χ3v) is 6.00. The molecule has 1 amide bonds. The molecule has 0 atom stereocenters. The Morgan fingerprint density at radius 2 is 1.59 bits per heavy atom. The van der Waals surface area contributed by atoms with E-state index in [1.54, 1.807) is 31.2 Å². The van der Waals surface area contributed by atoms with Gasteiger partial charge in [-0.1, -0.05) is 30.3 Å². The molecule has 0 spiro atoms. The summed E-state index contributed by atoms with van der Waals surface area (Å²) in [5.74, 6) is 0.000248. The third kappa shape index (κ3) is 5.30. The van der Waals surface area contributed by atoms with Crippen LogP contribution in [-0.4, -0.2) is 56.1 Å². The molecule has 1 aliphatic rings. The van der Waals surface area contributed by atoms with Crippen molar-refractivity contribution in [1.82, 2.24) is 9.80 Å². The average Bonchev–Trinajstić information content (AvgIpc) is 2.69. The first-order chi connectivity index (χ1) is 13.0. The Bertz CT molecular complexity index is 859. The highest BCUT2D eigenvalue weighted by molar-refractivity contribution is 7.92. The second-order valence-corrected chi connectivity index (χ2v) is 8.65. The summed E-state index contributed by atoms with van der Waals surface area (Å²) in [5, 5.41) is 0. The van der Waals surface area contributed by atoms with E-state index in [1.165, 1.54) is 5.56 Å². The van der Waals surface area contributed by atoms with Gasteiger partial charge in [0, 0.05) is 44.0 Å². The van der Waals surface area contributed by atoms with Crippen LogP contribution in [0.15, 0.2) is 54.6 Å². The fraction of sp³-hybridized carbons (Fsp3) is 0.350. The van der Waals surface area contributed by atoms with Crippen molar-refractivity contribution in [3.8, 4) is 0 Å². The van der Waals surface area contributed by atoms with Crippen molar-refractivity contribution in [3.05, 3.63) is 65.7 Å². The lowest BCUT2D eigenvalue weighted by molar-refractivity contribution is 0.0628. The van der Waals surface area contributed by atoms with Gasteiger partial charge in [0.05, 0.1) is 5.75 Å². The van der Waals surface area contributed by atoms with Gasteiger partial charge in [0.2, 0.25) is 10.0 Å². The lowest BCUT2D eigenvalue weighted by Gasteiger charge is -2.34. The summed E-state index contributed by atoms with van der Waals surface area (Å²) in [6.07, 6.45) is 0. The summed E-state index contributed by atoms with van der Waals surface area (Å²) >= 11 is 0. The lowest BCUT2D eigenvalue weighted by Crippen LogP contribution is -2.48. The number of carbonyl (C=O) groups is 1. The maximum absolute atomic E-state index is 12.7. The smallest absolute Gasteiger partial charge is 0.253 e. The zero-order valence-corrected chi connectivity index (χ0v) is 16.3. The number of nitrogens with one attached hydrogen (secondary N) is 1. The van der Waals surface area contributed by atoms with Crippen molar-refractivity contribution in [3.63, 3.8) is 0 Å². The highest BCUT2D eigenvalue weighted by atomic mass is 32.2. The molecule has 0 unspecified atom stereocenters. The number of hydrogen-bond donors (Lipinski definition) is 1. The van der Waals surface area contributed by atoms with E-state index in [4.69, 9.17) is 0 Å². The predicted octanol–water partition coefficient (Wildman–Crippen LogP) is 2.41. The second kappa shape index (κ2) is 8.54. The number of benzene rings is 2. The van der Waals surface area contributed by atoms with Gasteiger partial charge in [0.15, 0.2) is 0 Å². The molecule has 7 heteroatoms. The van der Waals surface area contributed by atoms with Crippen molar-refractivity contribution in [1.29, 1.82) is 0 Å². The molecule has 1 fully saturated rings. The van der Waals surface area contributed by atoms with Crippen LogP contribution >= 0.6 is 0 Å². The van der Waals surface area contributed by atoms with Crippen LogP contribution in [0.25, 0.3) is 0 Å². The summed E-state index contributed by atoms with van der Waals surface area (Å²) in [4.78, 5) is 16.9. The van der Waals surface area contributed by atoms with Crippen LogP contribution in [0, 0.1) is 0 Å². The van der Waals surface area contributed by atoms with Gasteiger partial charge in [0.25, 0.3) is 5.91 Å². The molecule has 1 saturated heterocycles. The van der Waals surface area contributed by atoms with Crippen molar-refractivity contribution < 1.29 is 13.2 Å². The second-order valence-electron chi connectivity index (χ2n) is 6.64. The minimum absolute atomic E-state index is 0.0146. The first-order valence-corrected chi connectivity index (χ1v) is 10.8. The van der Waals surface area contributed by atoms with Crippen molar-refractivity contribution in [2.45, 2.75) is 13.5 Å². The maximum atomic E-state index is 12.7. The fourth-order valence-corrected chi connectivity index (χ4v) is 3.71. The number of anilines is 1. The number of carbonyl (C=O) groups excluding carboxylic acids is 1. The summed E-state index contributed by atoms with van der Waals surface area (Å²) < 4.78 is 25.7. The highest BCUT2D eigenvalue weighted by Gasteiger charge is 2.22. The molecule has 0 aliphatic carbocycles. The molecule has 2 aromatic rings. The summed E-state index contributed by atoms with van der Waals surface area (Å²) in [7, 11) is -3.31. The largest absolute Gasteiger partial charge is 0.336 e. The molecule has 3 rings (SSSR count). The van der Waals surface area contributed by atoms with E-state index in [-0.39, 0.29) is 11.7 Å². The normalized spacial score (nSPS) is 15.5. The van der Waals surface area contributed by atoms with Crippen LogP contribution in [0.2, 0.25) is 0 Å². The van der Waals surface area contributed by atoms with Gasteiger partial charge in [-0.3, -0.25) is 14.4 Å². The van der Waals surface area contributed by atoms with E-state index in [0.717, 1.165) is 19.6 Å². The monoisotopic (exact) mass is 387 g/mol. The summed E-state index contributed by atoms with van der Waals surface area (Å²) in [6, 6.07) is 16.9. The van der Waals surface area contributed by atoms with E-state index in [1.807, 2.05) is 23.1 Å². The van der Waals surface area contributed by atoms with Gasteiger partial charge in [-0.25, -0.2) is 8.42 Å². The Hall–Kier alpha value is -2.38. The molecule has 0 saturated carbocycles. The molecule has 6 nitrogen and oxygen atoms in total. The summed E-state index contributed by atoms with van der Waals surface area (Å²) in [5.41, 5.74) is 2.33. The van der Waals surface area contributed by atoms with Gasteiger partial charge >= 0.3 is 0 Å². The zero-order valence-electron chi connectivity index (χ0n) is 15.5. The molecule has 144 valence electrons. The van der Waals surface area contributed by atoms with Crippen LogP contribution < -0.4 is 4.72 Å². The molecule has 0 bridgehead atoms. The minimum atomic E-state index is -3.31. The van der Waals surface area contributed by atoms with Crippen LogP contribution in [-0.2, 0) is 16.6 Å². The first kappa shape index (κ1) is 19.4. The Morgan fingerprint density at radius 1 is 0.963 bits per heavy atom. The predicted molar refractivity (Wildman–Crippen MR) is 107 cm³/mol. The number of sulfonamides is 1. The molecule has 1 heterocycles. The number of rotatable bonds is 6. The van der Waals surface area contributed by atoms with E-state index >= 15 is 0 Å². The van der Waals surface area contributed by atoms with Crippen molar-refractivity contribution in [2.75, 3.05) is 36.7 Å². The summed E-state index contributed by atoms with van der Waals surface area (Å²) in [6.45, 7) is 5.54. The maximum Gasteiger partial charge on any atom is 0.253 e. The van der Waals surface area contributed by atoms with Gasteiger partial charge in [-0.05, 0) is 36.8 Å². The third-order valence-electron chi connectivity index (χ3n) is 4.69. The quantitative estimate of drug-likeness (QED) is 0.826. The van der Waals surface area contributed by atoms with E-state index in [2.05, 4.69) is 21.8 Å². The number of piperazine rings is 1. The lowest BCUT2D eigenvalue weighted by atomic mass is 10.1. The van der Waals surface area contributed by atoms with Gasteiger partial charge in [-0.15, -0.1) is 0 Å². The van der Waals surface area contributed by atoms with Crippen LogP contribution in [0.1, 0.15) is 22.8 Å². The molecule has 0 aromatic heterocycles. The Balaban J connectivity index is 1.54. The van der Waals surface area contributed by atoms with Gasteiger partial charge < -0.3 is 4.90 Å². The van der Waals surface area contributed by atoms with Crippen LogP contribution in [0.4, 0.5) is 5.69 Å². The first-order valence-electron chi connectivity index (χ1n) is 9.13. The number of amides is 1. The molecule has 1 aliphatic heterocycles. The molecular formula is C20H25N3O3S. The average molecular weight is 388 g/mol. The van der Waals surface area contributed by atoms with Crippen LogP contribution in [0.5, 0.6) is 0 Å². The van der Waals surface area contributed by atoms with E-state index < -0.39 is 10.0 Å². The molecule has 0 radical (unpaired) electrons. The van der Waals surface area contributed by atoms with Crippen molar-refractivity contribution >= 4 is 21.6 Å². The molecular weight excluding hydrogens is 362 g/mol. The molecule has 2 aromatic carbocycles. The zero-order chi connectivity index (χ0) is 19.3. The number of nitrogens with zero attached hydrogens (tertiary/aromatic N) is 2. The van der Waals surface area contributed by atoms with Gasteiger partial charge in [-0.2, -0.15) is 0 Å². The minimum Gasteiger partial charge on any atom is -0.336 e. The standard InChI is InChI=1S/C20H25N3O3S/c1-2-27(25,26)21-19-10-8-18(9-11-19)20(24)23-14-12-22(13-15-23)16-17-6-4-3-5-7-17/h3-11,21H,2,12-16H2,1H3. The van der Waals surface area contributed by atoms with Crippen LogP contribution in [0.3, 0.4) is 0 Å². The Labute approximate surface area is 160 Å².